The van der Waals surface area contributed by atoms with Gasteiger partial charge in [0.15, 0.2) is 5.76 Å². The van der Waals surface area contributed by atoms with E-state index in [1.165, 1.54) is 25.7 Å². The lowest BCUT2D eigenvalue weighted by Crippen LogP contribution is -2.52. The Morgan fingerprint density at radius 2 is 1.68 bits per heavy atom. The fourth-order valence-corrected chi connectivity index (χ4v) is 4.64. The Bertz CT molecular complexity index is 740. The molecule has 0 aliphatic heterocycles. The van der Waals surface area contributed by atoms with Crippen LogP contribution in [0.3, 0.4) is 0 Å². The van der Waals surface area contributed by atoms with Gasteiger partial charge in [0.05, 0.1) is 0 Å². The van der Waals surface area contributed by atoms with Crippen molar-refractivity contribution in [2.45, 2.75) is 38.6 Å². The summed E-state index contributed by atoms with van der Waals surface area (Å²) in [5.74, 6) is 3.02. The lowest BCUT2D eigenvalue weighted by molar-refractivity contribution is 0.0519. The zero-order valence-electron chi connectivity index (χ0n) is 14.9. The van der Waals surface area contributed by atoms with Gasteiger partial charge in [-0.2, -0.15) is 0 Å². The summed E-state index contributed by atoms with van der Waals surface area (Å²) in [7, 11) is 1.89. The molecule has 1 amide bonds. The summed E-state index contributed by atoms with van der Waals surface area (Å²) < 4.78 is 5.83. The largest absolute Gasteiger partial charge is 0.451 e. The highest BCUT2D eigenvalue weighted by Gasteiger charge is 2.42. The highest BCUT2D eigenvalue weighted by Crippen LogP contribution is 2.45. The number of nitrogens with one attached hydrogen (secondary N) is 2. The standard InChI is InChI=1S/C21H26N2O2/c1-13-14-3-5-16(6-4-14)20(13)23-21(24)19-12-11-18(25-19)15-7-9-17(22-2)10-8-15/h7-14,16,20,22H,3-6H2,1-2H3,(H,23,24)/t13-,14?,16?,20+/m1/s1. The van der Waals surface area contributed by atoms with Crippen LogP contribution in [0.15, 0.2) is 40.8 Å². The van der Waals surface area contributed by atoms with E-state index in [9.17, 15) is 4.79 Å². The van der Waals surface area contributed by atoms with E-state index < -0.39 is 0 Å². The third-order valence-corrected chi connectivity index (χ3v) is 6.22. The van der Waals surface area contributed by atoms with Crippen molar-refractivity contribution in [1.29, 1.82) is 0 Å². The van der Waals surface area contributed by atoms with Gasteiger partial charge in [-0.05, 0) is 79.8 Å². The van der Waals surface area contributed by atoms with E-state index in [4.69, 9.17) is 4.42 Å². The fraction of sp³-hybridized carbons (Fsp3) is 0.476. The van der Waals surface area contributed by atoms with E-state index in [1.807, 2.05) is 37.4 Å². The van der Waals surface area contributed by atoms with Crippen LogP contribution in [0, 0.1) is 17.8 Å². The number of anilines is 1. The van der Waals surface area contributed by atoms with Crippen LogP contribution in [-0.2, 0) is 0 Å². The molecule has 1 heterocycles. The molecule has 1 aromatic heterocycles. The average Bonchev–Trinajstić information content (AvgIpc) is 3.15. The van der Waals surface area contributed by atoms with Crippen molar-refractivity contribution in [2.24, 2.45) is 17.8 Å². The van der Waals surface area contributed by atoms with Crippen LogP contribution in [0.1, 0.15) is 43.2 Å². The molecule has 0 spiro atoms. The number of furan rings is 1. The molecule has 0 unspecified atom stereocenters. The normalized spacial score (nSPS) is 27.9. The first kappa shape index (κ1) is 16.2. The number of fused-ring (bicyclic) bond motifs is 3. The Morgan fingerprint density at radius 3 is 2.32 bits per heavy atom. The van der Waals surface area contributed by atoms with E-state index in [0.29, 0.717) is 23.6 Å². The Hall–Kier alpha value is -2.23. The minimum Gasteiger partial charge on any atom is -0.451 e. The summed E-state index contributed by atoms with van der Waals surface area (Å²) in [6.07, 6.45) is 5.15. The maximum atomic E-state index is 12.7. The number of amides is 1. The molecular formula is C21H26N2O2. The molecule has 0 saturated heterocycles. The zero-order chi connectivity index (χ0) is 17.4. The van der Waals surface area contributed by atoms with Gasteiger partial charge in [0.2, 0.25) is 0 Å². The highest BCUT2D eigenvalue weighted by molar-refractivity contribution is 5.92. The van der Waals surface area contributed by atoms with Gasteiger partial charge < -0.3 is 15.1 Å². The van der Waals surface area contributed by atoms with Gasteiger partial charge in [-0.3, -0.25) is 4.79 Å². The van der Waals surface area contributed by atoms with Crippen LogP contribution in [-0.4, -0.2) is 19.0 Å². The minimum atomic E-state index is -0.0810. The molecule has 2 N–H and O–H groups in total. The Kier molecular flexibility index (Phi) is 4.28. The zero-order valence-corrected chi connectivity index (χ0v) is 14.9. The number of hydrogen-bond acceptors (Lipinski definition) is 3. The minimum absolute atomic E-state index is 0.0810. The van der Waals surface area contributed by atoms with Crippen LogP contribution in [0.5, 0.6) is 0 Å². The summed E-state index contributed by atoms with van der Waals surface area (Å²) >= 11 is 0. The van der Waals surface area contributed by atoms with Gasteiger partial charge in [-0.25, -0.2) is 0 Å². The monoisotopic (exact) mass is 338 g/mol. The molecule has 3 aliphatic rings. The molecule has 3 fully saturated rings. The maximum Gasteiger partial charge on any atom is 0.287 e. The SMILES string of the molecule is CNc1ccc(-c2ccc(C(=O)N[C@@H]3C4CCC(CC4)[C@H]3C)o2)cc1. The first-order valence-electron chi connectivity index (χ1n) is 9.34. The number of rotatable bonds is 4. The van der Waals surface area contributed by atoms with Crippen molar-refractivity contribution < 1.29 is 9.21 Å². The van der Waals surface area contributed by atoms with Crippen LogP contribution in [0.25, 0.3) is 11.3 Å². The molecule has 4 heteroatoms. The van der Waals surface area contributed by atoms with Gasteiger partial charge in [-0.1, -0.05) is 6.92 Å². The maximum absolute atomic E-state index is 12.7. The molecular weight excluding hydrogens is 312 g/mol. The molecule has 25 heavy (non-hydrogen) atoms. The Balaban J connectivity index is 1.47. The molecule has 4 nitrogen and oxygen atoms in total. The van der Waals surface area contributed by atoms with Gasteiger partial charge in [-0.15, -0.1) is 0 Å². The molecule has 2 bridgehead atoms. The first-order chi connectivity index (χ1) is 12.2. The van der Waals surface area contributed by atoms with Crippen molar-refractivity contribution in [3.63, 3.8) is 0 Å². The third kappa shape index (κ3) is 3.06. The first-order valence-corrected chi connectivity index (χ1v) is 9.34. The molecule has 3 aliphatic carbocycles. The molecule has 132 valence electrons. The highest BCUT2D eigenvalue weighted by atomic mass is 16.3. The second kappa shape index (κ2) is 6.58. The van der Waals surface area contributed by atoms with Crippen molar-refractivity contribution in [3.8, 4) is 11.3 Å². The van der Waals surface area contributed by atoms with Crippen LogP contribution in [0.2, 0.25) is 0 Å². The predicted molar refractivity (Wildman–Crippen MR) is 99.6 cm³/mol. The number of carbonyl (C=O) groups excluding carboxylic acids is 1. The third-order valence-electron chi connectivity index (χ3n) is 6.22. The summed E-state index contributed by atoms with van der Waals surface area (Å²) in [6, 6.07) is 11.9. The smallest absolute Gasteiger partial charge is 0.287 e. The molecule has 2 atom stereocenters. The van der Waals surface area contributed by atoms with Crippen molar-refractivity contribution in [2.75, 3.05) is 12.4 Å². The van der Waals surface area contributed by atoms with Crippen LogP contribution in [0.4, 0.5) is 5.69 Å². The Labute approximate surface area is 149 Å². The number of hydrogen-bond donors (Lipinski definition) is 2. The van der Waals surface area contributed by atoms with E-state index in [2.05, 4.69) is 17.6 Å². The molecule has 1 aromatic carbocycles. The van der Waals surface area contributed by atoms with Gasteiger partial charge in [0, 0.05) is 24.3 Å². The predicted octanol–water partition coefficient (Wildman–Crippen LogP) is 4.54. The number of benzene rings is 1. The molecule has 3 saturated carbocycles. The van der Waals surface area contributed by atoms with Gasteiger partial charge in [0.1, 0.15) is 5.76 Å². The van der Waals surface area contributed by atoms with Crippen LogP contribution >= 0.6 is 0 Å². The topological polar surface area (TPSA) is 54.3 Å². The van der Waals surface area contributed by atoms with Crippen molar-refractivity contribution in [3.05, 3.63) is 42.2 Å². The van der Waals surface area contributed by atoms with Crippen molar-refractivity contribution >= 4 is 11.6 Å². The fourth-order valence-electron chi connectivity index (χ4n) is 4.64. The van der Waals surface area contributed by atoms with E-state index in [0.717, 1.165) is 22.9 Å². The van der Waals surface area contributed by atoms with Gasteiger partial charge in [0.25, 0.3) is 5.91 Å². The lowest BCUT2D eigenvalue weighted by atomic mass is 9.62. The van der Waals surface area contributed by atoms with E-state index in [1.54, 1.807) is 6.07 Å². The van der Waals surface area contributed by atoms with Crippen molar-refractivity contribution in [1.82, 2.24) is 5.32 Å². The summed E-state index contributed by atoms with van der Waals surface area (Å²) in [4.78, 5) is 12.7. The number of carbonyl (C=O) groups is 1. The van der Waals surface area contributed by atoms with E-state index >= 15 is 0 Å². The molecule has 0 radical (unpaired) electrons. The molecule has 5 rings (SSSR count). The van der Waals surface area contributed by atoms with Gasteiger partial charge >= 0.3 is 0 Å². The lowest BCUT2D eigenvalue weighted by Gasteiger charge is -2.47. The van der Waals surface area contributed by atoms with E-state index in [-0.39, 0.29) is 5.91 Å². The molecule has 2 aromatic rings. The second-order valence-electron chi connectivity index (χ2n) is 7.52. The average molecular weight is 338 g/mol. The summed E-state index contributed by atoms with van der Waals surface area (Å²) in [6.45, 7) is 2.29. The summed E-state index contributed by atoms with van der Waals surface area (Å²) in [5, 5.41) is 6.35. The summed E-state index contributed by atoms with van der Waals surface area (Å²) in [5.41, 5.74) is 2.03. The Morgan fingerprint density at radius 1 is 1.00 bits per heavy atom. The second-order valence-corrected chi connectivity index (χ2v) is 7.52. The van der Waals surface area contributed by atoms with Crippen LogP contribution < -0.4 is 10.6 Å². The quantitative estimate of drug-likeness (QED) is 0.860.